The number of aliphatic hydroxyl groups excluding tert-OH is 1. The van der Waals surface area contributed by atoms with Crippen LogP contribution in [0.15, 0.2) is 60.7 Å². The van der Waals surface area contributed by atoms with Crippen molar-refractivity contribution in [3.63, 3.8) is 0 Å². The van der Waals surface area contributed by atoms with Crippen LogP contribution in [0, 0.1) is 0 Å². The summed E-state index contributed by atoms with van der Waals surface area (Å²) in [7, 11) is 1.14. The average molecular weight is 528 g/mol. The molecule has 0 fully saturated rings. The zero-order chi connectivity index (χ0) is 28.3. The fourth-order valence-electron chi connectivity index (χ4n) is 3.60. The summed E-state index contributed by atoms with van der Waals surface area (Å²) in [5.41, 5.74) is 0.754. The molecule has 2 aromatic carbocycles. The Hall–Kier alpha value is -3.92. The number of carbonyl (C=O) groups is 4. The maximum Gasteiger partial charge on any atom is 0.408 e. The molecule has 0 spiro atoms. The van der Waals surface area contributed by atoms with Crippen LogP contribution in [-0.2, 0) is 36.7 Å². The Morgan fingerprint density at radius 3 is 1.66 bits per heavy atom. The van der Waals surface area contributed by atoms with E-state index in [2.05, 4.69) is 20.7 Å². The number of methoxy groups -OCH3 is 1. The van der Waals surface area contributed by atoms with Gasteiger partial charge >= 0.3 is 12.1 Å². The summed E-state index contributed by atoms with van der Waals surface area (Å²) < 4.78 is 10.0. The van der Waals surface area contributed by atoms with Gasteiger partial charge in [0.1, 0.15) is 17.7 Å². The molecule has 0 aliphatic heterocycles. The first kappa shape index (κ1) is 30.3. The van der Waals surface area contributed by atoms with Crippen molar-refractivity contribution in [3.05, 3.63) is 71.8 Å². The van der Waals surface area contributed by atoms with E-state index in [1.165, 1.54) is 6.92 Å². The van der Waals surface area contributed by atoms with E-state index in [0.29, 0.717) is 0 Å². The Morgan fingerprint density at radius 1 is 0.789 bits per heavy atom. The fraction of sp³-hybridized carbons (Fsp3) is 0.429. The maximum absolute atomic E-state index is 13.5. The van der Waals surface area contributed by atoms with Crippen molar-refractivity contribution >= 4 is 23.9 Å². The average Bonchev–Trinajstić information content (AvgIpc) is 2.85. The molecule has 0 radical (unpaired) electrons. The molecular formula is C28H37N3O7. The first-order chi connectivity index (χ1) is 17.9. The molecule has 0 heterocycles. The third kappa shape index (κ3) is 10.2. The molecule has 2 aromatic rings. The Labute approximate surface area is 223 Å². The standard InChI is InChI=1S/C28H37N3O7/c1-18(32)23(26(35)37-5)31-25(34)21(16-19-12-8-6-9-13-19)29-24(33)22(17-20-14-10-7-11-15-20)30-27(36)38-28(2,3)4/h6-15,18,21-23,32H,16-17H2,1-5H3,(H,29,33)(H,30,36)(H,31,34)/t18-,21-,22-,23-/m1/s1. The van der Waals surface area contributed by atoms with Gasteiger partial charge in [0.15, 0.2) is 6.04 Å². The summed E-state index contributed by atoms with van der Waals surface area (Å²) in [5, 5.41) is 17.8. The lowest BCUT2D eigenvalue weighted by atomic mass is 10.0. The van der Waals surface area contributed by atoms with Crippen molar-refractivity contribution in [2.24, 2.45) is 0 Å². The molecular weight excluding hydrogens is 490 g/mol. The highest BCUT2D eigenvalue weighted by molar-refractivity contribution is 5.93. The van der Waals surface area contributed by atoms with E-state index in [9.17, 15) is 24.3 Å². The molecule has 10 nitrogen and oxygen atoms in total. The predicted molar refractivity (Wildman–Crippen MR) is 141 cm³/mol. The first-order valence-corrected chi connectivity index (χ1v) is 12.3. The molecule has 2 rings (SSSR count). The van der Waals surface area contributed by atoms with Gasteiger partial charge in [0.2, 0.25) is 11.8 Å². The second-order valence-corrected chi connectivity index (χ2v) is 9.89. The summed E-state index contributed by atoms with van der Waals surface area (Å²) in [5.74, 6) is -2.15. The quantitative estimate of drug-likeness (QED) is 0.327. The van der Waals surface area contributed by atoms with Crippen LogP contribution in [0.3, 0.4) is 0 Å². The Balaban J connectivity index is 2.30. The molecule has 0 saturated carbocycles. The number of benzene rings is 2. The van der Waals surface area contributed by atoms with Gasteiger partial charge in [-0.3, -0.25) is 9.59 Å². The molecule has 0 aliphatic carbocycles. The summed E-state index contributed by atoms with van der Waals surface area (Å²) in [4.78, 5) is 51.3. The smallest absolute Gasteiger partial charge is 0.408 e. The Kier molecular flexibility index (Phi) is 11.3. The van der Waals surface area contributed by atoms with Gasteiger partial charge in [-0.25, -0.2) is 9.59 Å². The zero-order valence-electron chi connectivity index (χ0n) is 22.4. The Bertz CT molecular complexity index is 1070. The van der Waals surface area contributed by atoms with Crippen LogP contribution in [0.25, 0.3) is 0 Å². The zero-order valence-corrected chi connectivity index (χ0v) is 22.4. The van der Waals surface area contributed by atoms with Crippen LogP contribution < -0.4 is 16.0 Å². The molecule has 0 aromatic heterocycles. The van der Waals surface area contributed by atoms with Crippen LogP contribution in [0.1, 0.15) is 38.8 Å². The number of aliphatic hydroxyl groups is 1. The molecule has 10 heteroatoms. The van der Waals surface area contributed by atoms with E-state index in [0.717, 1.165) is 18.2 Å². The number of hydrogen-bond acceptors (Lipinski definition) is 7. The molecule has 38 heavy (non-hydrogen) atoms. The van der Waals surface area contributed by atoms with Gasteiger partial charge in [0, 0.05) is 12.8 Å². The first-order valence-electron chi connectivity index (χ1n) is 12.3. The highest BCUT2D eigenvalue weighted by atomic mass is 16.6. The van der Waals surface area contributed by atoms with Crippen molar-refractivity contribution in [3.8, 4) is 0 Å². The van der Waals surface area contributed by atoms with Crippen molar-refractivity contribution in [2.75, 3.05) is 7.11 Å². The van der Waals surface area contributed by atoms with Crippen LogP contribution in [-0.4, -0.2) is 65.9 Å². The van der Waals surface area contributed by atoms with E-state index in [1.54, 1.807) is 45.0 Å². The lowest BCUT2D eigenvalue weighted by Crippen LogP contribution is -2.58. The van der Waals surface area contributed by atoms with Crippen LogP contribution >= 0.6 is 0 Å². The summed E-state index contributed by atoms with van der Waals surface area (Å²) >= 11 is 0. The van der Waals surface area contributed by atoms with E-state index in [1.807, 2.05) is 36.4 Å². The minimum Gasteiger partial charge on any atom is -0.467 e. The van der Waals surface area contributed by atoms with Gasteiger partial charge in [-0.1, -0.05) is 60.7 Å². The molecule has 3 amide bonds. The van der Waals surface area contributed by atoms with Crippen molar-refractivity contribution in [1.29, 1.82) is 0 Å². The Morgan fingerprint density at radius 2 is 1.24 bits per heavy atom. The van der Waals surface area contributed by atoms with Gasteiger partial charge < -0.3 is 30.5 Å². The molecule has 0 unspecified atom stereocenters. The summed E-state index contributed by atoms with van der Waals surface area (Å²) in [6, 6.07) is 14.5. The fourth-order valence-corrected chi connectivity index (χ4v) is 3.60. The third-order valence-electron chi connectivity index (χ3n) is 5.44. The lowest BCUT2D eigenvalue weighted by Gasteiger charge is -2.27. The topological polar surface area (TPSA) is 143 Å². The molecule has 4 atom stereocenters. The van der Waals surface area contributed by atoms with Gasteiger partial charge in [-0.2, -0.15) is 0 Å². The number of nitrogens with one attached hydrogen (secondary N) is 3. The van der Waals surface area contributed by atoms with E-state index < -0.39 is 53.7 Å². The number of esters is 1. The molecule has 0 aliphatic rings. The number of rotatable bonds is 11. The second kappa shape index (κ2) is 14.1. The van der Waals surface area contributed by atoms with E-state index >= 15 is 0 Å². The SMILES string of the molecule is COC(=O)[C@H](NC(=O)[C@@H](Cc1ccccc1)NC(=O)[C@@H](Cc1ccccc1)NC(=O)OC(C)(C)C)[C@@H](C)O. The van der Waals surface area contributed by atoms with Crippen LogP contribution in [0.5, 0.6) is 0 Å². The van der Waals surface area contributed by atoms with Crippen molar-refractivity contribution in [1.82, 2.24) is 16.0 Å². The highest BCUT2D eigenvalue weighted by Crippen LogP contribution is 2.10. The highest BCUT2D eigenvalue weighted by Gasteiger charge is 2.32. The number of alkyl carbamates (subject to hydrolysis) is 1. The van der Waals surface area contributed by atoms with Gasteiger partial charge in [0.25, 0.3) is 0 Å². The molecule has 206 valence electrons. The summed E-state index contributed by atoms with van der Waals surface area (Å²) in [6.07, 6.45) is -1.78. The number of hydrogen-bond donors (Lipinski definition) is 4. The maximum atomic E-state index is 13.5. The number of amides is 3. The number of carbonyl (C=O) groups excluding carboxylic acids is 4. The van der Waals surface area contributed by atoms with Gasteiger partial charge in [0.05, 0.1) is 13.2 Å². The van der Waals surface area contributed by atoms with E-state index in [4.69, 9.17) is 4.74 Å². The monoisotopic (exact) mass is 527 g/mol. The van der Waals surface area contributed by atoms with Crippen molar-refractivity contribution < 1.29 is 33.8 Å². The normalized spacial score (nSPS) is 14.3. The summed E-state index contributed by atoms with van der Waals surface area (Å²) in [6.45, 7) is 6.46. The molecule has 0 saturated heterocycles. The predicted octanol–water partition coefficient (Wildman–Crippen LogP) is 1.89. The minimum absolute atomic E-state index is 0.0939. The van der Waals surface area contributed by atoms with Crippen LogP contribution in [0.2, 0.25) is 0 Å². The van der Waals surface area contributed by atoms with Gasteiger partial charge in [-0.05, 0) is 38.8 Å². The molecule has 0 bridgehead atoms. The third-order valence-corrected chi connectivity index (χ3v) is 5.44. The largest absolute Gasteiger partial charge is 0.467 e. The van der Waals surface area contributed by atoms with Gasteiger partial charge in [-0.15, -0.1) is 0 Å². The van der Waals surface area contributed by atoms with E-state index in [-0.39, 0.29) is 12.8 Å². The minimum atomic E-state index is -1.33. The number of ether oxygens (including phenoxy) is 2. The van der Waals surface area contributed by atoms with Crippen molar-refractivity contribution in [2.45, 2.75) is 70.4 Å². The lowest BCUT2D eigenvalue weighted by molar-refractivity contribution is -0.148. The second-order valence-electron chi connectivity index (χ2n) is 9.89. The molecule has 4 N–H and O–H groups in total. The van der Waals surface area contributed by atoms with Crippen LogP contribution in [0.4, 0.5) is 4.79 Å².